The standard InChI is InChI=1S/C28H33N5O4/c1-4-10-21-24(27-29-22(11-5-2)31-37-27)25(28(34)36-6-3)26-20(19-12-8-7-9-13-19)18-23(30-33(21)26)32-14-16-35-17-15-32/h7-9,12-13,18H,4-6,10-11,14-17H2,1-3H3. The molecule has 0 unspecified atom stereocenters. The Morgan fingerprint density at radius 3 is 2.51 bits per heavy atom. The Hall–Kier alpha value is -3.72. The van der Waals surface area contributed by atoms with E-state index in [1.54, 1.807) is 0 Å². The highest BCUT2D eigenvalue weighted by atomic mass is 16.5. The van der Waals surface area contributed by atoms with Crippen LogP contribution in [0.15, 0.2) is 40.9 Å². The second-order valence-electron chi connectivity index (χ2n) is 9.07. The highest BCUT2D eigenvalue weighted by Gasteiger charge is 2.32. The Kier molecular flexibility index (Phi) is 7.50. The molecule has 3 aromatic heterocycles. The summed E-state index contributed by atoms with van der Waals surface area (Å²) in [5.74, 6) is 1.36. The number of fused-ring (bicyclic) bond motifs is 1. The topological polar surface area (TPSA) is 95.0 Å². The Morgan fingerprint density at radius 2 is 1.81 bits per heavy atom. The van der Waals surface area contributed by atoms with Gasteiger partial charge in [-0.25, -0.2) is 9.31 Å². The number of ether oxygens (including phenoxy) is 2. The summed E-state index contributed by atoms with van der Waals surface area (Å²) < 4.78 is 18.8. The predicted octanol–water partition coefficient (Wildman–Crippen LogP) is 4.97. The van der Waals surface area contributed by atoms with Crippen molar-refractivity contribution in [3.8, 4) is 22.6 Å². The van der Waals surface area contributed by atoms with Crippen LogP contribution in [0.25, 0.3) is 28.1 Å². The van der Waals surface area contributed by atoms with Gasteiger partial charge in [0.2, 0.25) is 0 Å². The van der Waals surface area contributed by atoms with E-state index in [9.17, 15) is 4.79 Å². The number of aryl methyl sites for hydroxylation is 2. The Balaban J connectivity index is 1.86. The number of aromatic nitrogens is 4. The third-order valence-electron chi connectivity index (χ3n) is 6.52. The average molecular weight is 504 g/mol. The van der Waals surface area contributed by atoms with Gasteiger partial charge in [-0.3, -0.25) is 0 Å². The molecule has 1 fully saturated rings. The van der Waals surface area contributed by atoms with E-state index < -0.39 is 5.97 Å². The number of carbonyl (C=O) groups is 1. The van der Waals surface area contributed by atoms with Crippen LogP contribution in [0.4, 0.5) is 5.82 Å². The van der Waals surface area contributed by atoms with Gasteiger partial charge in [-0.1, -0.05) is 55.8 Å². The molecule has 1 aliphatic heterocycles. The van der Waals surface area contributed by atoms with E-state index in [2.05, 4.69) is 35.0 Å². The van der Waals surface area contributed by atoms with Crippen LogP contribution in [-0.4, -0.2) is 58.6 Å². The van der Waals surface area contributed by atoms with Crippen molar-refractivity contribution in [2.75, 3.05) is 37.8 Å². The van der Waals surface area contributed by atoms with Gasteiger partial charge in [0.15, 0.2) is 5.82 Å². The molecule has 1 aliphatic rings. The van der Waals surface area contributed by atoms with Crippen molar-refractivity contribution < 1.29 is 18.8 Å². The number of esters is 1. The van der Waals surface area contributed by atoms with Gasteiger partial charge < -0.3 is 18.9 Å². The van der Waals surface area contributed by atoms with Crippen LogP contribution in [-0.2, 0) is 22.3 Å². The molecule has 1 aromatic carbocycles. The van der Waals surface area contributed by atoms with Crippen LogP contribution in [0.3, 0.4) is 0 Å². The summed E-state index contributed by atoms with van der Waals surface area (Å²) in [5, 5.41) is 9.27. The van der Waals surface area contributed by atoms with Crippen molar-refractivity contribution in [2.45, 2.75) is 46.5 Å². The van der Waals surface area contributed by atoms with Gasteiger partial charge in [0.05, 0.1) is 36.6 Å². The number of carbonyl (C=O) groups excluding carboxylic acids is 1. The molecular formula is C28H33N5O4. The monoisotopic (exact) mass is 503 g/mol. The molecular weight excluding hydrogens is 470 g/mol. The molecule has 1 saturated heterocycles. The second-order valence-corrected chi connectivity index (χ2v) is 9.07. The van der Waals surface area contributed by atoms with Crippen molar-refractivity contribution in [3.63, 3.8) is 0 Å². The zero-order valence-electron chi connectivity index (χ0n) is 21.7. The van der Waals surface area contributed by atoms with E-state index in [1.165, 1.54) is 0 Å². The molecule has 4 heterocycles. The Morgan fingerprint density at radius 1 is 1.05 bits per heavy atom. The smallest absolute Gasteiger partial charge is 0.341 e. The molecule has 0 spiro atoms. The fraction of sp³-hybridized carbons (Fsp3) is 0.429. The SMILES string of the molecule is CCCc1noc(-c2c(C(=O)OCC)c3c(-c4ccccc4)cc(N4CCOCC4)nn3c2CCC)n1. The van der Waals surface area contributed by atoms with E-state index in [1.807, 2.05) is 41.8 Å². The quantitative estimate of drug-likeness (QED) is 0.296. The lowest BCUT2D eigenvalue weighted by Gasteiger charge is -2.28. The van der Waals surface area contributed by atoms with Gasteiger partial charge in [-0.2, -0.15) is 4.98 Å². The molecule has 37 heavy (non-hydrogen) atoms. The molecule has 9 nitrogen and oxygen atoms in total. The minimum absolute atomic E-state index is 0.254. The second kappa shape index (κ2) is 11.1. The van der Waals surface area contributed by atoms with Crippen molar-refractivity contribution in [2.24, 2.45) is 0 Å². The number of morpholine rings is 1. The van der Waals surface area contributed by atoms with Crippen molar-refractivity contribution in [1.82, 2.24) is 19.8 Å². The normalized spacial score (nSPS) is 13.9. The Bertz CT molecular complexity index is 1370. The molecule has 4 aromatic rings. The Labute approximate surface area is 216 Å². The molecule has 0 saturated carbocycles. The first-order valence-corrected chi connectivity index (χ1v) is 13.1. The number of hydrogen-bond acceptors (Lipinski definition) is 8. The molecule has 5 rings (SSSR count). The summed E-state index contributed by atoms with van der Waals surface area (Å²) >= 11 is 0. The fourth-order valence-electron chi connectivity index (χ4n) is 4.86. The lowest BCUT2D eigenvalue weighted by Crippen LogP contribution is -2.37. The third kappa shape index (κ3) is 4.83. The maximum absolute atomic E-state index is 13.6. The molecule has 0 atom stereocenters. The van der Waals surface area contributed by atoms with Gasteiger partial charge in [0.25, 0.3) is 5.89 Å². The van der Waals surface area contributed by atoms with Gasteiger partial charge >= 0.3 is 5.97 Å². The molecule has 0 aliphatic carbocycles. The summed E-state index contributed by atoms with van der Waals surface area (Å²) in [6, 6.07) is 12.1. The first-order valence-electron chi connectivity index (χ1n) is 13.1. The van der Waals surface area contributed by atoms with E-state index in [-0.39, 0.29) is 6.61 Å². The van der Waals surface area contributed by atoms with Gasteiger partial charge in [-0.15, -0.1) is 5.10 Å². The van der Waals surface area contributed by atoms with Crippen LogP contribution in [0, 0.1) is 0 Å². The maximum atomic E-state index is 13.6. The largest absolute Gasteiger partial charge is 0.462 e. The lowest BCUT2D eigenvalue weighted by atomic mass is 10.0. The maximum Gasteiger partial charge on any atom is 0.341 e. The number of hydrogen-bond donors (Lipinski definition) is 0. The zero-order chi connectivity index (χ0) is 25.8. The minimum atomic E-state index is -0.425. The van der Waals surface area contributed by atoms with E-state index in [0.29, 0.717) is 54.4 Å². The van der Waals surface area contributed by atoms with Gasteiger partial charge in [-0.05, 0) is 31.4 Å². The van der Waals surface area contributed by atoms with Crippen molar-refractivity contribution in [1.29, 1.82) is 0 Å². The highest BCUT2D eigenvalue weighted by Crippen LogP contribution is 2.39. The molecule has 0 amide bonds. The van der Waals surface area contributed by atoms with E-state index in [0.717, 1.165) is 48.6 Å². The minimum Gasteiger partial charge on any atom is -0.462 e. The fourth-order valence-corrected chi connectivity index (χ4v) is 4.86. The highest BCUT2D eigenvalue weighted by molar-refractivity contribution is 6.08. The first kappa shape index (κ1) is 25.0. The molecule has 0 radical (unpaired) electrons. The van der Waals surface area contributed by atoms with E-state index >= 15 is 0 Å². The number of anilines is 1. The van der Waals surface area contributed by atoms with Crippen LogP contribution >= 0.6 is 0 Å². The van der Waals surface area contributed by atoms with Crippen LogP contribution in [0.5, 0.6) is 0 Å². The van der Waals surface area contributed by atoms with Gasteiger partial charge in [0.1, 0.15) is 11.4 Å². The number of rotatable bonds is 9. The summed E-state index contributed by atoms with van der Waals surface area (Å²) in [4.78, 5) is 20.5. The third-order valence-corrected chi connectivity index (χ3v) is 6.52. The zero-order valence-corrected chi connectivity index (χ0v) is 21.7. The molecule has 0 N–H and O–H groups in total. The predicted molar refractivity (Wildman–Crippen MR) is 141 cm³/mol. The summed E-state index contributed by atoms with van der Waals surface area (Å²) in [7, 11) is 0. The number of nitrogens with zero attached hydrogens (tertiary/aromatic N) is 5. The van der Waals surface area contributed by atoms with Crippen LogP contribution in [0.2, 0.25) is 0 Å². The summed E-state index contributed by atoms with van der Waals surface area (Å²) in [5.41, 5.74) is 4.46. The first-order chi connectivity index (χ1) is 18.2. The lowest BCUT2D eigenvalue weighted by molar-refractivity contribution is 0.0529. The van der Waals surface area contributed by atoms with Crippen molar-refractivity contribution in [3.05, 3.63) is 53.5 Å². The summed E-state index contributed by atoms with van der Waals surface area (Å²) in [6.07, 6.45) is 3.12. The molecule has 0 bridgehead atoms. The average Bonchev–Trinajstić information content (AvgIpc) is 3.52. The summed E-state index contributed by atoms with van der Waals surface area (Å²) in [6.45, 7) is 9.03. The number of benzene rings is 1. The molecule has 194 valence electrons. The van der Waals surface area contributed by atoms with E-state index in [4.69, 9.17) is 19.1 Å². The van der Waals surface area contributed by atoms with Crippen molar-refractivity contribution >= 4 is 17.3 Å². The molecule has 9 heteroatoms. The van der Waals surface area contributed by atoms with Crippen LogP contribution < -0.4 is 4.90 Å². The van der Waals surface area contributed by atoms with Crippen LogP contribution in [0.1, 0.15) is 55.5 Å². The van der Waals surface area contributed by atoms with Gasteiger partial charge in [0, 0.05) is 25.1 Å².